The lowest BCUT2D eigenvalue weighted by Crippen LogP contribution is -2.48. The molecule has 0 aliphatic rings. The Bertz CT molecular complexity index is 1060. The lowest BCUT2D eigenvalue weighted by molar-refractivity contribution is -0.141. The molecule has 0 spiro atoms. The first kappa shape index (κ1) is 24.0. The molecule has 2 aromatic heterocycles. The highest BCUT2D eigenvalue weighted by Crippen LogP contribution is 2.31. The SMILES string of the molecule is CC(C)(Cn1nc(C(F)(F)F)cc1-c1cccn(CC#N)c1=O)NC(=O)OC(C)(C)C. The number of rotatable bonds is 5. The molecule has 0 aromatic carbocycles. The van der Waals surface area contributed by atoms with E-state index in [0.717, 1.165) is 15.3 Å². The van der Waals surface area contributed by atoms with Crippen molar-refractivity contribution >= 4 is 6.09 Å². The topological polar surface area (TPSA) is 102 Å². The molecule has 0 saturated heterocycles. The van der Waals surface area contributed by atoms with E-state index >= 15 is 0 Å². The number of alkyl carbamates (subject to hydrolysis) is 1. The molecule has 2 aromatic rings. The second-order valence-corrected chi connectivity index (χ2v) is 8.59. The lowest BCUT2D eigenvalue weighted by Gasteiger charge is -2.29. The van der Waals surface area contributed by atoms with Gasteiger partial charge in [-0.2, -0.15) is 23.5 Å². The van der Waals surface area contributed by atoms with E-state index in [4.69, 9.17) is 10.00 Å². The summed E-state index contributed by atoms with van der Waals surface area (Å²) in [5.74, 6) is 0. The van der Waals surface area contributed by atoms with Crippen LogP contribution in [0, 0.1) is 11.3 Å². The third-order valence-electron chi connectivity index (χ3n) is 3.99. The third kappa shape index (κ3) is 6.34. The van der Waals surface area contributed by atoms with Crippen molar-refractivity contribution in [1.82, 2.24) is 19.7 Å². The van der Waals surface area contributed by atoms with Crippen molar-refractivity contribution in [2.75, 3.05) is 0 Å². The smallest absolute Gasteiger partial charge is 0.435 e. The van der Waals surface area contributed by atoms with E-state index in [1.54, 1.807) is 34.6 Å². The Hall–Kier alpha value is -3.29. The van der Waals surface area contributed by atoms with Gasteiger partial charge in [0.1, 0.15) is 12.1 Å². The fraction of sp³-hybridized carbons (Fsp3) is 0.500. The van der Waals surface area contributed by atoms with Crippen LogP contribution in [0.2, 0.25) is 0 Å². The van der Waals surface area contributed by atoms with Gasteiger partial charge < -0.3 is 14.6 Å². The summed E-state index contributed by atoms with van der Waals surface area (Å²) in [5, 5.41) is 15.1. The fourth-order valence-electron chi connectivity index (χ4n) is 2.82. The molecule has 2 rings (SSSR count). The number of nitriles is 1. The van der Waals surface area contributed by atoms with Gasteiger partial charge in [0.15, 0.2) is 5.69 Å². The minimum atomic E-state index is -4.73. The number of carbonyl (C=O) groups excluding carboxylic acids is 1. The zero-order valence-electron chi connectivity index (χ0n) is 17.9. The molecule has 0 bridgehead atoms. The van der Waals surface area contributed by atoms with Crippen molar-refractivity contribution in [3.63, 3.8) is 0 Å². The maximum atomic E-state index is 13.3. The van der Waals surface area contributed by atoms with Gasteiger partial charge in [0, 0.05) is 6.20 Å². The van der Waals surface area contributed by atoms with Gasteiger partial charge in [0.2, 0.25) is 0 Å². The Morgan fingerprint density at radius 1 is 1.26 bits per heavy atom. The molecule has 168 valence electrons. The number of amides is 1. The van der Waals surface area contributed by atoms with Crippen LogP contribution in [-0.4, -0.2) is 31.6 Å². The summed E-state index contributed by atoms with van der Waals surface area (Å²) in [5.41, 5.74) is -3.75. The van der Waals surface area contributed by atoms with Gasteiger partial charge in [0.25, 0.3) is 5.56 Å². The van der Waals surface area contributed by atoms with Crippen LogP contribution in [0.25, 0.3) is 11.3 Å². The van der Waals surface area contributed by atoms with Crippen molar-refractivity contribution in [3.8, 4) is 17.3 Å². The molecule has 0 radical (unpaired) electrons. The average molecular weight is 439 g/mol. The minimum absolute atomic E-state index is 0.0474. The second kappa shape index (κ2) is 8.45. The number of alkyl halides is 3. The maximum absolute atomic E-state index is 13.3. The van der Waals surface area contributed by atoms with E-state index in [9.17, 15) is 22.8 Å². The molecule has 8 nitrogen and oxygen atoms in total. The standard InChI is InChI=1S/C20H24F3N5O3/c1-18(2,3)31-17(30)25-19(4,5)12-28-14(11-15(26-28)20(21,22)23)13-7-6-9-27(10-8-24)16(13)29/h6-7,9,11H,10,12H2,1-5H3,(H,25,30). The monoisotopic (exact) mass is 439 g/mol. The van der Waals surface area contributed by atoms with Crippen molar-refractivity contribution in [1.29, 1.82) is 5.26 Å². The largest absolute Gasteiger partial charge is 0.444 e. The van der Waals surface area contributed by atoms with E-state index in [1.165, 1.54) is 18.3 Å². The van der Waals surface area contributed by atoms with Crippen LogP contribution in [0.15, 0.2) is 29.2 Å². The quantitative estimate of drug-likeness (QED) is 0.768. The van der Waals surface area contributed by atoms with Gasteiger partial charge in [-0.05, 0) is 52.8 Å². The summed E-state index contributed by atoms with van der Waals surface area (Å²) in [6.45, 7) is 7.81. The van der Waals surface area contributed by atoms with E-state index in [-0.39, 0.29) is 24.3 Å². The summed E-state index contributed by atoms with van der Waals surface area (Å²) < 4.78 is 47.3. The Balaban J connectivity index is 2.48. The Morgan fingerprint density at radius 3 is 2.45 bits per heavy atom. The molecule has 11 heteroatoms. The number of carbonyl (C=O) groups is 1. The Morgan fingerprint density at radius 2 is 1.90 bits per heavy atom. The van der Waals surface area contributed by atoms with Gasteiger partial charge in [-0.25, -0.2) is 4.79 Å². The first-order valence-corrected chi connectivity index (χ1v) is 9.36. The highest BCUT2D eigenvalue weighted by atomic mass is 19.4. The minimum Gasteiger partial charge on any atom is -0.444 e. The number of nitrogens with zero attached hydrogens (tertiary/aromatic N) is 4. The summed E-state index contributed by atoms with van der Waals surface area (Å²) in [4.78, 5) is 24.8. The molecule has 31 heavy (non-hydrogen) atoms. The number of ether oxygens (including phenoxy) is 1. The van der Waals surface area contributed by atoms with E-state index in [1.807, 2.05) is 6.07 Å². The van der Waals surface area contributed by atoms with Gasteiger partial charge in [-0.3, -0.25) is 9.48 Å². The molecule has 1 N–H and O–H groups in total. The lowest BCUT2D eigenvalue weighted by atomic mass is 10.1. The summed E-state index contributed by atoms with van der Waals surface area (Å²) in [6, 6.07) is 5.42. The zero-order chi connectivity index (χ0) is 23.6. The number of pyridine rings is 1. The molecule has 0 aliphatic carbocycles. The number of hydrogen-bond acceptors (Lipinski definition) is 5. The summed E-state index contributed by atoms with van der Waals surface area (Å²) >= 11 is 0. The molecule has 0 atom stereocenters. The predicted octanol–water partition coefficient (Wildman–Crippen LogP) is 3.56. The van der Waals surface area contributed by atoms with Crippen LogP contribution < -0.4 is 10.9 Å². The molecule has 0 aliphatic heterocycles. The first-order valence-electron chi connectivity index (χ1n) is 9.36. The third-order valence-corrected chi connectivity index (χ3v) is 3.99. The molecule has 0 saturated carbocycles. The Labute approximate surface area is 177 Å². The van der Waals surface area contributed by atoms with Gasteiger partial charge in [-0.15, -0.1) is 0 Å². The number of nitrogens with one attached hydrogen (secondary N) is 1. The van der Waals surface area contributed by atoms with Crippen molar-refractivity contribution in [2.45, 2.75) is 65.0 Å². The summed E-state index contributed by atoms with van der Waals surface area (Å²) in [7, 11) is 0. The van der Waals surface area contributed by atoms with Crippen molar-refractivity contribution < 1.29 is 22.7 Å². The predicted molar refractivity (Wildman–Crippen MR) is 106 cm³/mol. The van der Waals surface area contributed by atoms with E-state index in [2.05, 4.69) is 10.4 Å². The number of aromatic nitrogens is 3. The molecule has 0 fully saturated rings. The van der Waals surface area contributed by atoms with Crippen LogP contribution in [0.4, 0.5) is 18.0 Å². The van der Waals surface area contributed by atoms with Crippen LogP contribution in [0.3, 0.4) is 0 Å². The average Bonchev–Trinajstić information content (AvgIpc) is 2.97. The van der Waals surface area contributed by atoms with Crippen LogP contribution >= 0.6 is 0 Å². The van der Waals surface area contributed by atoms with Crippen molar-refractivity contribution in [2.24, 2.45) is 0 Å². The van der Waals surface area contributed by atoms with Gasteiger partial charge in [0.05, 0.1) is 29.4 Å². The molecular weight excluding hydrogens is 415 g/mol. The normalized spacial score (nSPS) is 12.4. The molecule has 1 amide bonds. The highest BCUT2D eigenvalue weighted by molar-refractivity contribution is 5.68. The van der Waals surface area contributed by atoms with Crippen molar-refractivity contribution in [3.05, 3.63) is 40.4 Å². The highest BCUT2D eigenvalue weighted by Gasteiger charge is 2.36. The molecular formula is C20H24F3N5O3. The van der Waals surface area contributed by atoms with Gasteiger partial charge >= 0.3 is 12.3 Å². The van der Waals surface area contributed by atoms with E-state index in [0.29, 0.717) is 0 Å². The zero-order valence-corrected chi connectivity index (χ0v) is 17.9. The Kier molecular flexibility index (Phi) is 6.54. The van der Waals surface area contributed by atoms with Crippen LogP contribution in [-0.2, 0) is 24.0 Å². The van der Waals surface area contributed by atoms with Gasteiger partial charge in [-0.1, -0.05) is 0 Å². The number of hydrogen-bond donors (Lipinski definition) is 1. The molecule has 2 heterocycles. The number of halogens is 3. The second-order valence-electron chi connectivity index (χ2n) is 8.59. The fourth-order valence-corrected chi connectivity index (χ4v) is 2.82. The van der Waals surface area contributed by atoms with Crippen LogP contribution in [0.1, 0.15) is 40.3 Å². The van der Waals surface area contributed by atoms with E-state index < -0.39 is 34.7 Å². The summed E-state index contributed by atoms with van der Waals surface area (Å²) in [6.07, 6.45) is -4.10. The maximum Gasteiger partial charge on any atom is 0.435 e. The molecule has 0 unspecified atom stereocenters. The first-order chi connectivity index (χ1) is 14.1. The van der Waals surface area contributed by atoms with Crippen LogP contribution in [0.5, 0.6) is 0 Å².